The quantitative estimate of drug-likeness (QED) is 0.934. The number of amides is 2. The minimum Gasteiger partial charge on any atom is -0.337 e. The fraction of sp³-hybridized carbons (Fsp3) is 0.500. The molecule has 0 aliphatic carbocycles. The van der Waals surface area contributed by atoms with E-state index in [1.807, 2.05) is 42.2 Å². The second kappa shape index (κ2) is 6.63. The molecule has 1 saturated heterocycles. The van der Waals surface area contributed by atoms with Crippen LogP contribution in [-0.2, 0) is 6.42 Å². The van der Waals surface area contributed by atoms with E-state index < -0.39 is 0 Å². The van der Waals surface area contributed by atoms with E-state index in [0.29, 0.717) is 18.1 Å². The van der Waals surface area contributed by atoms with Crippen LogP contribution >= 0.6 is 0 Å². The maximum Gasteiger partial charge on any atom is 0.318 e. The zero-order valence-electron chi connectivity index (χ0n) is 14.5. The van der Waals surface area contributed by atoms with E-state index in [9.17, 15) is 4.79 Å². The summed E-state index contributed by atoms with van der Waals surface area (Å²) in [4.78, 5) is 18.8. The number of hydrogen-bond donors (Lipinski definition) is 1. The largest absolute Gasteiger partial charge is 0.337 e. The van der Waals surface area contributed by atoms with Gasteiger partial charge in [-0.2, -0.15) is 4.98 Å². The highest BCUT2D eigenvalue weighted by Gasteiger charge is 2.36. The number of hydrogen-bond acceptors (Lipinski definition) is 4. The van der Waals surface area contributed by atoms with Crippen molar-refractivity contribution in [1.82, 2.24) is 20.4 Å². The summed E-state index contributed by atoms with van der Waals surface area (Å²) in [5, 5.41) is 6.98. The molecule has 0 saturated carbocycles. The average molecular weight is 328 g/mol. The van der Waals surface area contributed by atoms with Gasteiger partial charge in [0.15, 0.2) is 5.82 Å². The zero-order chi connectivity index (χ0) is 17.2. The number of benzene rings is 1. The van der Waals surface area contributed by atoms with Crippen molar-refractivity contribution in [2.45, 2.75) is 51.6 Å². The summed E-state index contributed by atoms with van der Waals surface area (Å²) >= 11 is 0. The Bertz CT molecular complexity index is 696. The molecular formula is C18H24N4O2. The number of nitrogens with one attached hydrogen (secondary N) is 1. The van der Waals surface area contributed by atoms with E-state index in [1.54, 1.807) is 0 Å². The molecule has 6 nitrogen and oxygen atoms in total. The van der Waals surface area contributed by atoms with Crippen LogP contribution < -0.4 is 5.32 Å². The highest BCUT2D eigenvalue weighted by atomic mass is 16.5. The highest BCUT2D eigenvalue weighted by Crippen LogP contribution is 2.28. The lowest BCUT2D eigenvalue weighted by molar-refractivity contribution is 0.160. The molecule has 1 unspecified atom stereocenters. The predicted octanol–water partition coefficient (Wildman–Crippen LogP) is 3.31. The van der Waals surface area contributed by atoms with Crippen molar-refractivity contribution in [3.05, 3.63) is 47.6 Å². The van der Waals surface area contributed by atoms with Gasteiger partial charge in [-0.25, -0.2) is 4.79 Å². The van der Waals surface area contributed by atoms with E-state index in [2.05, 4.69) is 29.3 Å². The molecule has 2 amide bonds. The number of carbonyl (C=O) groups excluding carboxylic acids is 1. The van der Waals surface area contributed by atoms with Gasteiger partial charge in [0.25, 0.3) is 0 Å². The lowest BCUT2D eigenvalue weighted by Gasteiger charge is -2.32. The van der Waals surface area contributed by atoms with Crippen LogP contribution in [0.3, 0.4) is 0 Å². The molecule has 1 aromatic carbocycles. The van der Waals surface area contributed by atoms with Gasteiger partial charge in [-0.15, -0.1) is 0 Å². The van der Waals surface area contributed by atoms with E-state index in [-0.39, 0.29) is 17.6 Å². The van der Waals surface area contributed by atoms with Crippen LogP contribution in [0.2, 0.25) is 0 Å². The number of carbonyl (C=O) groups is 1. The van der Waals surface area contributed by atoms with Crippen LogP contribution in [-0.4, -0.2) is 33.2 Å². The van der Waals surface area contributed by atoms with Gasteiger partial charge < -0.3 is 14.7 Å². The maximum atomic E-state index is 12.5. The Hall–Kier alpha value is -2.37. The van der Waals surface area contributed by atoms with Crippen molar-refractivity contribution in [2.24, 2.45) is 0 Å². The number of rotatable bonds is 4. The molecule has 0 spiro atoms. The van der Waals surface area contributed by atoms with Gasteiger partial charge in [-0.3, -0.25) is 0 Å². The fourth-order valence-electron chi connectivity index (χ4n) is 3.10. The lowest BCUT2D eigenvalue weighted by atomic mass is 10.0. The zero-order valence-corrected chi connectivity index (χ0v) is 14.5. The van der Waals surface area contributed by atoms with Crippen molar-refractivity contribution < 1.29 is 9.32 Å². The second-order valence-corrected chi connectivity index (χ2v) is 6.95. The summed E-state index contributed by atoms with van der Waals surface area (Å²) in [7, 11) is 0. The van der Waals surface area contributed by atoms with Gasteiger partial charge in [0.05, 0.1) is 0 Å². The minimum atomic E-state index is -0.314. The lowest BCUT2D eigenvalue weighted by Crippen LogP contribution is -2.48. The molecule has 2 aromatic rings. The molecule has 6 heteroatoms. The van der Waals surface area contributed by atoms with Gasteiger partial charge in [0.2, 0.25) is 5.89 Å². The van der Waals surface area contributed by atoms with E-state index in [1.165, 1.54) is 0 Å². The Morgan fingerprint density at radius 3 is 2.79 bits per heavy atom. The third-order valence-corrected chi connectivity index (χ3v) is 4.55. The third kappa shape index (κ3) is 3.58. The molecule has 1 aromatic heterocycles. The van der Waals surface area contributed by atoms with Crippen LogP contribution in [0.15, 0.2) is 34.9 Å². The van der Waals surface area contributed by atoms with Gasteiger partial charge in [-0.05, 0) is 39.2 Å². The van der Waals surface area contributed by atoms with E-state index in [4.69, 9.17) is 4.52 Å². The van der Waals surface area contributed by atoms with Crippen LogP contribution in [0.25, 0.3) is 0 Å². The molecule has 24 heavy (non-hydrogen) atoms. The fourth-order valence-corrected chi connectivity index (χ4v) is 3.10. The summed E-state index contributed by atoms with van der Waals surface area (Å²) in [6, 6.07) is 9.60. The number of urea groups is 1. The van der Waals surface area contributed by atoms with Crippen molar-refractivity contribution in [1.29, 1.82) is 0 Å². The van der Waals surface area contributed by atoms with Crippen LogP contribution in [0, 0.1) is 0 Å². The monoisotopic (exact) mass is 328 g/mol. The van der Waals surface area contributed by atoms with Gasteiger partial charge in [0.1, 0.15) is 6.04 Å². The Morgan fingerprint density at radius 1 is 1.38 bits per heavy atom. The molecule has 1 N–H and O–H groups in total. The SMILES string of the molecule is CC(NC(=O)N1CCCC1(C)C)c1nc(Cc2ccccc2)no1. The molecule has 0 bridgehead atoms. The highest BCUT2D eigenvalue weighted by molar-refractivity contribution is 5.75. The van der Waals surface area contributed by atoms with E-state index in [0.717, 1.165) is 24.9 Å². The minimum absolute atomic E-state index is 0.0761. The number of likely N-dealkylation sites (tertiary alicyclic amines) is 1. The molecule has 128 valence electrons. The summed E-state index contributed by atoms with van der Waals surface area (Å²) < 4.78 is 5.32. The summed E-state index contributed by atoms with van der Waals surface area (Å²) in [6.45, 7) is 6.83. The smallest absolute Gasteiger partial charge is 0.318 e. The molecular weight excluding hydrogens is 304 g/mol. The first-order valence-electron chi connectivity index (χ1n) is 8.40. The Labute approximate surface area is 142 Å². The Morgan fingerprint density at radius 2 is 2.12 bits per heavy atom. The molecule has 1 atom stereocenters. The Balaban J connectivity index is 1.61. The predicted molar refractivity (Wildman–Crippen MR) is 90.5 cm³/mol. The first-order chi connectivity index (χ1) is 11.5. The molecule has 0 radical (unpaired) electrons. The van der Waals surface area contributed by atoms with Crippen molar-refractivity contribution in [3.63, 3.8) is 0 Å². The maximum absolute atomic E-state index is 12.5. The molecule has 1 aliphatic rings. The van der Waals surface area contributed by atoms with Crippen molar-refractivity contribution >= 4 is 6.03 Å². The molecule has 2 heterocycles. The summed E-state index contributed by atoms with van der Waals surface area (Å²) in [6.07, 6.45) is 2.68. The van der Waals surface area contributed by atoms with Crippen LogP contribution in [0.4, 0.5) is 4.79 Å². The normalized spacial score (nSPS) is 17.7. The van der Waals surface area contributed by atoms with Crippen molar-refractivity contribution in [2.75, 3.05) is 6.54 Å². The standard InChI is InChI=1S/C18H24N4O2/c1-13(19-17(23)22-11-7-10-18(22,2)3)16-20-15(21-24-16)12-14-8-5-4-6-9-14/h4-6,8-9,13H,7,10-12H2,1-3H3,(H,19,23). The van der Waals surface area contributed by atoms with Gasteiger partial charge >= 0.3 is 6.03 Å². The number of nitrogens with zero attached hydrogens (tertiary/aromatic N) is 3. The Kier molecular flexibility index (Phi) is 4.55. The third-order valence-electron chi connectivity index (χ3n) is 4.55. The topological polar surface area (TPSA) is 71.3 Å². The van der Waals surface area contributed by atoms with Crippen LogP contribution in [0.1, 0.15) is 56.9 Å². The van der Waals surface area contributed by atoms with Crippen molar-refractivity contribution in [3.8, 4) is 0 Å². The summed E-state index contributed by atoms with van der Waals surface area (Å²) in [5.41, 5.74) is 1.03. The summed E-state index contributed by atoms with van der Waals surface area (Å²) in [5.74, 6) is 1.06. The first kappa shape index (κ1) is 16.5. The molecule has 1 aliphatic heterocycles. The van der Waals surface area contributed by atoms with E-state index >= 15 is 0 Å². The number of aromatic nitrogens is 2. The van der Waals surface area contributed by atoms with Gasteiger partial charge in [-0.1, -0.05) is 35.5 Å². The average Bonchev–Trinajstić information content (AvgIpc) is 3.14. The van der Waals surface area contributed by atoms with Crippen LogP contribution in [0.5, 0.6) is 0 Å². The second-order valence-electron chi connectivity index (χ2n) is 6.95. The molecule has 1 fully saturated rings. The molecule has 3 rings (SSSR count). The van der Waals surface area contributed by atoms with Gasteiger partial charge in [0, 0.05) is 18.5 Å². The first-order valence-corrected chi connectivity index (χ1v) is 8.40.